The van der Waals surface area contributed by atoms with E-state index in [9.17, 15) is 14.4 Å². The number of halogens is 1. The van der Waals surface area contributed by atoms with Crippen LogP contribution in [0.3, 0.4) is 0 Å². The Hall–Kier alpha value is -2.91. The van der Waals surface area contributed by atoms with E-state index in [4.69, 9.17) is 21.7 Å². The van der Waals surface area contributed by atoms with Crippen LogP contribution in [0.25, 0.3) is 0 Å². The number of hydroxylamine groups is 2. The molecule has 0 aromatic heterocycles. The van der Waals surface area contributed by atoms with Gasteiger partial charge in [0, 0.05) is 5.57 Å². The van der Waals surface area contributed by atoms with Gasteiger partial charge in [-0.2, -0.15) is 5.26 Å². The number of hydrogen-bond acceptors (Lipinski definition) is 5. The summed E-state index contributed by atoms with van der Waals surface area (Å²) in [6.45, 7) is 1.81. The Morgan fingerprint density at radius 1 is 1.41 bits per heavy atom. The number of nitriles is 1. The van der Waals surface area contributed by atoms with Crippen molar-refractivity contribution >= 4 is 29.9 Å². The Balaban J connectivity index is 1.67. The first-order valence-electron chi connectivity index (χ1n) is 8.52. The molecule has 138 valence electrons. The molecular formula is C20H17ClN2O4. The van der Waals surface area contributed by atoms with Gasteiger partial charge in [0.05, 0.1) is 16.5 Å². The first kappa shape index (κ1) is 18.9. The van der Waals surface area contributed by atoms with Crippen molar-refractivity contribution in [3.8, 4) is 6.07 Å². The fraction of sp³-hybridized carbons (Fsp3) is 0.300. The Kier molecular flexibility index (Phi) is 5.43. The second-order valence-corrected chi connectivity index (χ2v) is 6.99. The minimum absolute atomic E-state index is 0.124. The highest BCUT2D eigenvalue weighted by Crippen LogP contribution is 2.48. The van der Waals surface area contributed by atoms with E-state index in [1.165, 1.54) is 0 Å². The van der Waals surface area contributed by atoms with Crippen molar-refractivity contribution in [1.82, 2.24) is 5.06 Å². The highest BCUT2D eigenvalue weighted by atomic mass is 35.5. The van der Waals surface area contributed by atoms with Gasteiger partial charge in [-0.25, -0.2) is 4.79 Å². The third-order valence-electron chi connectivity index (χ3n) is 4.78. The molecule has 3 rings (SSSR count). The van der Waals surface area contributed by atoms with E-state index < -0.39 is 17.8 Å². The predicted octanol–water partition coefficient (Wildman–Crippen LogP) is 3.42. The molecule has 2 atom stereocenters. The molecule has 1 fully saturated rings. The van der Waals surface area contributed by atoms with Crippen LogP contribution in [0.15, 0.2) is 41.5 Å². The van der Waals surface area contributed by atoms with E-state index in [0.717, 1.165) is 24.0 Å². The Morgan fingerprint density at radius 2 is 2.19 bits per heavy atom. The molecule has 0 saturated heterocycles. The Morgan fingerprint density at radius 3 is 2.85 bits per heavy atom. The van der Waals surface area contributed by atoms with Crippen molar-refractivity contribution in [2.24, 2.45) is 5.92 Å². The lowest BCUT2D eigenvalue weighted by Crippen LogP contribution is -2.34. The van der Waals surface area contributed by atoms with Crippen LogP contribution < -0.4 is 0 Å². The highest BCUT2D eigenvalue weighted by molar-refractivity contribution is 6.31. The van der Waals surface area contributed by atoms with Gasteiger partial charge in [0.2, 0.25) is 0 Å². The molecule has 1 saturated carbocycles. The van der Waals surface area contributed by atoms with Gasteiger partial charge in [-0.05, 0) is 49.8 Å². The van der Waals surface area contributed by atoms with Gasteiger partial charge in [-0.1, -0.05) is 35.4 Å². The normalized spacial score (nSPS) is 20.6. The van der Waals surface area contributed by atoms with Crippen molar-refractivity contribution in [3.05, 3.63) is 57.6 Å². The summed E-state index contributed by atoms with van der Waals surface area (Å²) >= 11 is 5.92. The van der Waals surface area contributed by atoms with E-state index in [1.807, 2.05) is 19.1 Å². The molecule has 2 amide bonds. The van der Waals surface area contributed by atoms with E-state index in [2.05, 4.69) is 0 Å². The van der Waals surface area contributed by atoms with E-state index in [-0.39, 0.29) is 12.3 Å². The first-order valence-corrected chi connectivity index (χ1v) is 8.90. The quantitative estimate of drug-likeness (QED) is 0.586. The minimum atomic E-state index is -0.651. The van der Waals surface area contributed by atoms with Crippen molar-refractivity contribution in [2.75, 3.05) is 0 Å². The molecule has 0 radical (unpaired) electrons. The summed E-state index contributed by atoms with van der Waals surface area (Å²) in [6, 6.07) is 7.01. The van der Waals surface area contributed by atoms with Crippen LogP contribution in [-0.4, -0.2) is 23.3 Å². The number of hydrogen-bond donors (Lipinski definition) is 0. The van der Waals surface area contributed by atoms with Crippen LogP contribution >= 0.6 is 11.6 Å². The molecule has 1 unspecified atom stereocenters. The van der Waals surface area contributed by atoms with E-state index in [0.29, 0.717) is 27.6 Å². The first-order chi connectivity index (χ1) is 13.0. The van der Waals surface area contributed by atoms with Gasteiger partial charge in [-0.15, -0.1) is 5.06 Å². The molecule has 0 N–H and O–H groups in total. The summed E-state index contributed by atoms with van der Waals surface area (Å²) in [5.74, 6) is -1.89. The van der Waals surface area contributed by atoms with Gasteiger partial charge in [0.25, 0.3) is 12.3 Å². The molecular weight excluding hydrogens is 368 g/mol. The minimum Gasteiger partial charge on any atom is -0.330 e. The summed E-state index contributed by atoms with van der Waals surface area (Å²) in [6.07, 6.45) is 5.77. The van der Waals surface area contributed by atoms with Crippen LogP contribution in [0, 0.1) is 17.2 Å². The topological polar surface area (TPSA) is 87.5 Å². The molecule has 0 bridgehead atoms. The zero-order chi connectivity index (χ0) is 19.6. The Labute approximate surface area is 161 Å². The summed E-state index contributed by atoms with van der Waals surface area (Å²) in [7, 11) is 0. The number of nitrogens with zero attached hydrogens (tertiary/aromatic N) is 2. The summed E-state index contributed by atoms with van der Waals surface area (Å²) in [5, 5.41) is 9.86. The van der Waals surface area contributed by atoms with Gasteiger partial charge < -0.3 is 4.84 Å². The zero-order valence-electron chi connectivity index (χ0n) is 14.6. The molecule has 7 heteroatoms. The van der Waals surface area contributed by atoms with Crippen molar-refractivity contribution in [3.63, 3.8) is 0 Å². The maximum absolute atomic E-state index is 12.4. The van der Waals surface area contributed by atoms with E-state index in [1.54, 1.807) is 24.3 Å². The van der Waals surface area contributed by atoms with Gasteiger partial charge in [0.15, 0.2) is 0 Å². The molecule has 1 aromatic rings. The number of imide groups is 1. The molecule has 0 heterocycles. The number of allylic oxidation sites excluding steroid dienone is 2. The lowest BCUT2D eigenvalue weighted by atomic mass is 9.98. The average molecular weight is 385 g/mol. The highest BCUT2D eigenvalue weighted by Gasteiger charge is 2.46. The van der Waals surface area contributed by atoms with Crippen LogP contribution in [0.1, 0.15) is 43.2 Å². The molecule has 6 nitrogen and oxygen atoms in total. The molecule has 1 aromatic carbocycles. The third-order valence-corrected chi connectivity index (χ3v) is 5.11. The SMILES string of the molecule is CC1=C(C(=O)N(C=O)OC(=O)C2C[C@@H]2c2ccc(Cl)c(C#N)c2)C=CCC1. The van der Waals surface area contributed by atoms with Crippen molar-refractivity contribution in [2.45, 2.75) is 32.1 Å². The molecule has 27 heavy (non-hydrogen) atoms. The lowest BCUT2D eigenvalue weighted by Gasteiger charge is -2.18. The van der Waals surface area contributed by atoms with Crippen LogP contribution in [0.2, 0.25) is 5.02 Å². The van der Waals surface area contributed by atoms with Crippen molar-refractivity contribution in [1.29, 1.82) is 5.26 Å². The molecule has 0 spiro atoms. The second-order valence-electron chi connectivity index (χ2n) is 6.58. The number of rotatable bonds is 4. The summed E-state index contributed by atoms with van der Waals surface area (Å²) in [4.78, 5) is 41.1. The number of carbonyl (C=O) groups is 3. The fourth-order valence-corrected chi connectivity index (χ4v) is 3.27. The fourth-order valence-electron chi connectivity index (χ4n) is 3.11. The smallest absolute Gasteiger partial charge is 0.330 e. The van der Waals surface area contributed by atoms with Crippen LogP contribution in [0.4, 0.5) is 0 Å². The zero-order valence-corrected chi connectivity index (χ0v) is 15.4. The van der Waals surface area contributed by atoms with Gasteiger partial charge >= 0.3 is 5.97 Å². The molecule has 2 aliphatic carbocycles. The van der Waals surface area contributed by atoms with Gasteiger partial charge in [0.1, 0.15) is 6.07 Å². The van der Waals surface area contributed by atoms with Gasteiger partial charge in [-0.3, -0.25) is 9.59 Å². The average Bonchev–Trinajstić information content (AvgIpc) is 3.47. The number of carbonyl (C=O) groups excluding carboxylic acids is 3. The van der Waals surface area contributed by atoms with Crippen molar-refractivity contribution < 1.29 is 19.2 Å². The standard InChI is InChI=1S/C20H17ClN2O4/c1-12-4-2-3-5-15(12)19(25)23(11-24)27-20(26)17-9-16(17)13-6-7-18(21)14(8-13)10-22/h3,5-8,11,16-17H,2,4,9H2,1H3/t16-,17?/m1/s1. The summed E-state index contributed by atoms with van der Waals surface area (Å²) < 4.78 is 0. The summed E-state index contributed by atoms with van der Waals surface area (Å²) in [5.41, 5.74) is 2.35. The third kappa shape index (κ3) is 3.93. The molecule has 0 aliphatic heterocycles. The maximum Gasteiger partial charge on any atom is 0.336 e. The molecule has 2 aliphatic rings. The number of benzene rings is 1. The van der Waals surface area contributed by atoms with Crippen LogP contribution in [-0.2, 0) is 19.2 Å². The predicted molar refractivity (Wildman–Crippen MR) is 97.1 cm³/mol. The lowest BCUT2D eigenvalue weighted by molar-refractivity contribution is -0.195. The number of amides is 2. The maximum atomic E-state index is 12.4. The van der Waals surface area contributed by atoms with Crippen LogP contribution in [0.5, 0.6) is 0 Å². The Bertz CT molecular complexity index is 913. The monoisotopic (exact) mass is 384 g/mol. The largest absolute Gasteiger partial charge is 0.336 e. The second kappa shape index (κ2) is 7.77. The van der Waals surface area contributed by atoms with E-state index >= 15 is 0 Å².